The maximum absolute atomic E-state index is 13.0. The van der Waals surface area contributed by atoms with Gasteiger partial charge in [0.1, 0.15) is 5.82 Å². The van der Waals surface area contributed by atoms with Crippen LogP contribution >= 0.6 is 0 Å². The molecule has 2 aromatic carbocycles. The summed E-state index contributed by atoms with van der Waals surface area (Å²) in [5, 5.41) is 7.23. The Labute approximate surface area is 182 Å². The summed E-state index contributed by atoms with van der Waals surface area (Å²) in [5.41, 5.74) is 3.55. The number of nitrogens with one attached hydrogen (secondary N) is 1. The van der Waals surface area contributed by atoms with Gasteiger partial charge in [-0.15, -0.1) is 0 Å². The number of piperazine rings is 1. The highest BCUT2D eigenvalue weighted by Crippen LogP contribution is 2.19. The number of aryl methyl sites for hydroxylation is 1. The quantitative estimate of drug-likeness (QED) is 0.693. The van der Waals surface area contributed by atoms with Crippen molar-refractivity contribution in [3.05, 3.63) is 77.5 Å². The average molecular weight is 418 g/mol. The normalized spacial score (nSPS) is 14.5. The third-order valence-corrected chi connectivity index (χ3v) is 5.40. The van der Waals surface area contributed by atoms with Crippen LogP contribution in [0.2, 0.25) is 0 Å². The maximum atomic E-state index is 13.0. The monoisotopic (exact) mass is 417 g/mol. The van der Waals surface area contributed by atoms with Crippen molar-refractivity contribution >= 4 is 17.6 Å². The van der Waals surface area contributed by atoms with Gasteiger partial charge >= 0.3 is 0 Å². The Bertz CT molecular complexity index is 1050. The van der Waals surface area contributed by atoms with Crippen LogP contribution in [0.25, 0.3) is 5.69 Å². The summed E-state index contributed by atoms with van der Waals surface area (Å²) in [6.45, 7) is 7.43. The predicted octanol–water partition coefficient (Wildman–Crippen LogP) is 3.10. The molecule has 7 nitrogen and oxygen atoms in total. The molecule has 0 radical (unpaired) electrons. The molecule has 4 rings (SSSR count). The number of hydrogen-bond acceptors (Lipinski definition) is 4. The lowest BCUT2D eigenvalue weighted by atomic mass is 10.1. The molecule has 1 aromatic heterocycles. The fourth-order valence-corrected chi connectivity index (χ4v) is 3.84. The van der Waals surface area contributed by atoms with Crippen LogP contribution < -0.4 is 5.32 Å². The maximum Gasteiger partial charge on any atom is 0.253 e. The smallest absolute Gasteiger partial charge is 0.253 e. The van der Waals surface area contributed by atoms with Gasteiger partial charge < -0.3 is 10.2 Å². The molecule has 7 heteroatoms. The molecular weight excluding hydrogens is 390 g/mol. The van der Waals surface area contributed by atoms with E-state index in [2.05, 4.69) is 39.6 Å². The topological polar surface area (TPSA) is 70.5 Å². The van der Waals surface area contributed by atoms with Crippen LogP contribution in [-0.2, 0) is 11.3 Å². The van der Waals surface area contributed by atoms with Gasteiger partial charge in [-0.25, -0.2) is 4.68 Å². The molecule has 160 valence electrons. The lowest BCUT2D eigenvalue weighted by molar-refractivity contribution is -0.114. The zero-order valence-electron chi connectivity index (χ0n) is 17.9. The van der Waals surface area contributed by atoms with Crippen molar-refractivity contribution in [2.75, 3.05) is 31.5 Å². The lowest BCUT2D eigenvalue weighted by Gasteiger charge is -2.34. The number of carbonyl (C=O) groups excluding carboxylic acids is 2. The third kappa shape index (κ3) is 5.00. The summed E-state index contributed by atoms with van der Waals surface area (Å²) in [4.78, 5) is 28.7. The second-order valence-electron chi connectivity index (χ2n) is 7.86. The number of hydrogen-bond donors (Lipinski definition) is 1. The molecule has 1 N–H and O–H groups in total. The number of nitrogens with zero attached hydrogens (tertiary/aromatic N) is 4. The highest BCUT2D eigenvalue weighted by atomic mass is 16.2. The van der Waals surface area contributed by atoms with E-state index < -0.39 is 0 Å². The zero-order chi connectivity index (χ0) is 21.8. The van der Waals surface area contributed by atoms with Crippen molar-refractivity contribution in [3.8, 4) is 5.69 Å². The first-order valence-corrected chi connectivity index (χ1v) is 10.5. The summed E-state index contributed by atoms with van der Waals surface area (Å²) in [6.07, 6.45) is 0. The predicted molar refractivity (Wildman–Crippen MR) is 120 cm³/mol. The van der Waals surface area contributed by atoms with Crippen LogP contribution in [-0.4, -0.2) is 57.6 Å². The first-order chi connectivity index (χ1) is 15.0. The fourth-order valence-electron chi connectivity index (χ4n) is 3.84. The Balaban J connectivity index is 1.39. The minimum Gasteiger partial charge on any atom is -0.336 e. The highest BCUT2D eigenvalue weighted by Gasteiger charge is 2.22. The molecule has 0 bridgehead atoms. The van der Waals surface area contributed by atoms with Crippen LogP contribution in [0.3, 0.4) is 0 Å². The summed E-state index contributed by atoms with van der Waals surface area (Å²) in [7, 11) is 0. The Hall–Kier alpha value is -3.45. The minimum absolute atomic E-state index is 0.0460. The molecule has 1 fully saturated rings. The molecule has 2 heterocycles. The number of anilines is 1. The van der Waals surface area contributed by atoms with E-state index in [9.17, 15) is 9.59 Å². The van der Waals surface area contributed by atoms with E-state index in [4.69, 9.17) is 0 Å². The molecule has 0 unspecified atom stereocenters. The molecule has 0 atom stereocenters. The SMILES string of the molecule is CC(=O)Nc1cc(C)nn1-c1ccc(C(=O)N2CCN(Cc3ccccc3)CC2)cc1. The average Bonchev–Trinajstić information content (AvgIpc) is 3.14. The van der Waals surface area contributed by atoms with Gasteiger partial charge in [-0.3, -0.25) is 14.5 Å². The van der Waals surface area contributed by atoms with Crippen LogP contribution in [0.1, 0.15) is 28.5 Å². The second kappa shape index (κ2) is 9.14. The molecule has 31 heavy (non-hydrogen) atoms. The van der Waals surface area contributed by atoms with Crippen molar-refractivity contribution in [1.29, 1.82) is 0 Å². The number of benzene rings is 2. The van der Waals surface area contributed by atoms with Crippen LogP contribution in [0.4, 0.5) is 5.82 Å². The lowest BCUT2D eigenvalue weighted by Crippen LogP contribution is -2.48. The van der Waals surface area contributed by atoms with Gasteiger partial charge in [-0.2, -0.15) is 5.10 Å². The van der Waals surface area contributed by atoms with Crippen molar-refractivity contribution < 1.29 is 9.59 Å². The number of aromatic nitrogens is 2. The van der Waals surface area contributed by atoms with Crippen molar-refractivity contribution in [2.45, 2.75) is 20.4 Å². The Morgan fingerprint density at radius 2 is 1.65 bits per heavy atom. The third-order valence-electron chi connectivity index (χ3n) is 5.40. The standard InChI is InChI=1S/C24H27N5O2/c1-18-16-23(25-19(2)30)29(26-18)22-10-8-21(9-11-22)24(31)28-14-12-27(13-15-28)17-20-6-4-3-5-7-20/h3-11,16H,12-15,17H2,1-2H3,(H,25,30). The highest BCUT2D eigenvalue weighted by molar-refractivity contribution is 5.94. The molecule has 0 spiro atoms. The molecule has 0 saturated carbocycles. The molecule has 0 aliphatic carbocycles. The zero-order valence-corrected chi connectivity index (χ0v) is 17.9. The van der Waals surface area contributed by atoms with Gasteiger partial charge in [0.05, 0.1) is 11.4 Å². The Morgan fingerprint density at radius 3 is 2.29 bits per heavy atom. The van der Waals surface area contributed by atoms with Crippen molar-refractivity contribution in [1.82, 2.24) is 19.6 Å². The summed E-state index contributed by atoms with van der Waals surface area (Å²) >= 11 is 0. The fraction of sp³-hybridized carbons (Fsp3) is 0.292. The van der Waals surface area contributed by atoms with Gasteiger partial charge in [0.2, 0.25) is 5.91 Å². The van der Waals surface area contributed by atoms with Gasteiger partial charge in [0.25, 0.3) is 5.91 Å². The van der Waals surface area contributed by atoms with E-state index in [-0.39, 0.29) is 11.8 Å². The summed E-state index contributed by atoms with van der Waals surface area (Å²) in [5.74, 6) is 0.502. The van der Waals surface area contributed by atoms with E-state index in [1.165, 1.54) is 12.5 Å². The largest absolute Gasteiger partial charge is 0.336 e. The van der Waals surface area contributed by atoms with E-state index >= 15 is 0 Å². The number of carbonyl (C=O) groups is 2. The molecule has 3 aromatic rings. The van der Waals surface area contributed by atoms with Crippen LogP contribution in [0.5, 0.6) is 0 Å². The van der Waals surface area contributed by atoms with Gasteiger partial charge in [0.15, 0.2) is 0 Å². The first kappa shape index (κ1) is 20.8. The van der Waals surface area contributed by atoms with E-state index in [1.807, 2.05) is 48.2 Å². The van der Waals surface area contributed by atoms with E-state index in [0.29, 0.717) is 11.4 Å². The van der Waals surface area contributed by atoms with Crippen molar-refractivity contribution in [3.63, 3.8) is 0 Å². The molecule has 1 saturated heterocycles. The molecule has 1 aliphatic rings. The minimum atomic E-state index is -0.153. The van der Waals surface area contributed by atoms with Gasteiger partial charge in [0, 0.05) is 51.3 Å². The summed E-state index contributed by atoms with van der Waals surface area (Å²) in [6, 6.07) is 19.6. The molecule has 2 amide bonds. The van der Waals surface area contributed by atoms with Crippen LogP contribution in [0, 0.1) is 6.92 Å². The van der Waals surface area contributed by atoms with Gasteiger partial charge in [-0.1, -0.05) is 30.3 Å². The molecule has 1 aliphatic heterocycles. The Kier molecular flexibility index (Phi) is 6.13. The van der Waals surface area contributed by atoms with Crippen LogP contribution in [0.15, 0.2) is 60.7 Å². The Morgan fingerprint density at radius 1 is 0.968 bits per heavy atom. The van der Waals surface area contributed by atoms with Gasteiger partial charge in [-0.05, 0) is 36.8 Å². The second-order valence-corrected chi connectivity index (χ2v) is 7.86. The van der Waals surface area contributed by atoms with Crippen molar-refractivity contribution in [2.24, 2.45) is 0 Å². The van der Waals surface area contributed by atoms with E-state index in [0.717, 1.165) is 44.1 Å². The summed E-state index contributed by atoms with van der Waals surface area (Å²) < 4.78 is 1.67. The number of rotatable bonds is 5. The molecular formula is C24H27N5O2. The van der Waals surface area contributed by atoms with E-state index in [1.54, 1.807) is 4.68 Å². The first-order valence-electron chi connectivity index (χ1n) is 10.5. The number of amides is 2.